The highest BCUT2D eigenvalue weighted by molar-refractivity contribution is 7.99. The molecule has 0 bridgehead atoms. The largest absolute Gasteiger partial charge is 0.306 e. The Balaban J connectivity index is 1.58. The van der Waals surface area contributed by atoms with Gasteiger partial charge in [0.15, 0.2) is 5.16 Å². The van der Waals surface area contributed by atoms with Gasteiger partial charge in [-0.2, -0.15) is 0 Å². The van der Waals surface area contributed by atoms with Gasteiger partial charge < -0.3 is 4.57 Å². The zero-order valence-corrected chi connectivity index (χ0v) is 13.5. The van der Waals surface area contributed by atoms with Crippen LogP contribution in [0.1, 0.15) is 36.5 Å². The molecule has 0 saturated heterocycles. The molecule has 2 aromatic heterocycles. The molecule has 0 spiro atoms. The first kappa shape index (κ1) is 14.5. The first-order chi connectivity index (χ1) is 10.2. The molecule has 1 amide bonds. The molecule has 112 valence electrons. The second-order valence-corrected chi connectivity index (χ2v) is 6.95. The number of anilines is 1. The Morgan fingerprint density at radius 2 is 2.19 bits per heavy atom. The second kappa shape index (κ2) is 6.10. The lowest BCUT2D eigenvalue weighted by molar-refractivity contribution is -0.113. The molecule has 1 aliphatic rings. The highest BCUT2D eigenvalue weighted by atomic mass is 32.2. The molecule has 21 heavy (non-hydrogen) atoms. The SMILES string of the molecule is CCn1c(SCC(=O)Nc2nnc(C)s2)nnc1C1CC1. The number of carbonyl (C=O) groups excluding carboxylic acids is 1. The van der Waals surface area contributed by atoms with Crippen LogP contribution >= 0.6 is 23.1 Å². The first-order valence-corrected chi connectivity index (χ1v) is 8.63. The van der Waals surface area contributed by atoms with Gasteiger partial charge in [-0.25, -0.2) is 0 Å². The van der Waals surface area contributed by atoms with Crippen molar-refractivity contribution in [3.05, 3.63) is 10.8 Å². The van der Waals surface area contributed by atoms with E-state index in [2.05, 4.69) is 37.2 Å². The van der Waals surface area contributed by atoms with Gasteiger partial charge in [0.2, 0.25) is 11.0 Å². The van der Waals surface area contributed by atoms with Crippen molar-refractivity contribution >= 4 is 34.1 Å². The van der Waals surface area contributed by atoms with Crippen LogP contribution < -0.4 is 5.32 Å². The van der Waals surface area contributed by atoms with Crippen molar-refractivity contribution < 1.29 is 4.79 Å². The maximum Gasteiger partial charge on any atom is 0.236 e. The van der Waals surface area contributed by atoms with Crippen molar-refractivity contribution in [2.24, 2.45) is 0 Å². The standard InChI is InChI=1S/C12H16N6OS2/c1-3-18-10(8-4-5-8)15-17-12(18)20-6-9(19)13-11-16-14-7(2)21-11/h8H,3-6H2,1-2H3,(H,13,16,19). The number of nitrogens with zero attached hydrogens (tertiary/aromatic N) is 5. The second-order valence-electron chi connectivity index (χ2n) is 4.82. The molecule has 0 atom stereocenters. The van der Waals surface area contributed by atoms with E-state index in [1.807, 2.05) is 6.92 Å². The maximum atomic E-state index is 11.9. The molecule has 2 aromatic rings. The van der Waals surface area contributed by atoms with Gasteiger partial charge in [-0.3, -0.25) is 10.1 Å². The van der Waals surface area contributed by atoms with Crippen LogP contribution in [0.5, 0.6) is 0 Å². The van der Waals surface area contributed by atoms with Gasteiger partial charge in [0.25, 0.3) is 0 Å². The lowest BCUT2D eigenvalue weighted by Gasteiger charge is -2.06. The van der Waals surface area contributed by atoms with Crippen LogP contribution in [0.4, 0.5) is 5.13 Å². The fraction of sp³-hybridized carbons (Fsp3) is 0.583. The zero-order chi connectivity index (χ0) is 14.8. The quantitative estimate of drug-likeness (QED) is 0.819. The van der Waals surface area contributed by atoms with E-state index in [1.54, 1.807) is 0 Å². The number of rotatable bonds is 6. The summed E-state index contributed by atoms with van der Waals surface area (Å²) in [6.07, 6.45) is 2.39. The fourth-order valence-corrected chi connectivity index (χ4v) is 3.40. The van der Waals surface area contributed by atoms with Crippen molar-refractivity contribution in [3.8, 4) is 0 Å². The third-order valence-corrected chi connectivity index (χ3v) is 4.83. The summed E-state index contributed by atoms with van der Waals surface area (Å²) in [5.41, 5.74) is 0. The van der Waals surface area contributed by atoms with Crippen molar-refractivity contribution in [2.45, 2.75) is 44.3 Å². The van der Waals surface area contributed by atoms with E-state index < -0.39 is 0 Å². The number of nitrogens with one attached hydrogen (secondary N) is 1. The number of hydrogen-bond acceptors (Lipinski definition) is 7. The third-order valence-electron chi connectivity index (χ3n) is 3.11. The van der Waals surface area contributed by atoms with Crippen molar-refractivity contribution in [1.82, 2.24) is 25.0 Å². The molecule has 0 unspecified atom stereocenters. The van der Waals surface area contributed by atoms with Crippen LogP contribution in [0.15, 0.2) is 5.16 Å². The summed E-state index contributed by atoms with van der Waals surface area (Å²) in [6, 6.07) is 0. The van der Waals surface area contributed by atoms with Gasteiger partial charge in [-0.15, -0.1) is 20.4 Å². The van der Waals surface area contributed by atoms with E-state index >= 15 is 0 Å². The summed E-state index contributed by atoms with van der Waals surface area (Å²) in [4.78, 5) is 11.9. The molecule has 0 aromatic carbocycles. The molecule has 3 rings (SSSR count). The van der Waals surface area contributed by atoms with Crippen molar-refractivity contribution in [2.75, 3.05) is 11.1 Å². The Labute approximate surface area is 130 Å². The molecular weight excluding hydrogens is 308 g/mol. The summed E-state index contributed by atoms with van der Waals surface area (Å²) >= 11 is 2.77. The molecule has 1 aliphatic carbocycles. The molecule has 1 saturated carbocycles. The molecule has 0 aliphatic heterocycles. The van der Waals surface area contributed by atoms with Gasteiger partial charge in [-0.1, -0.05) is 23.1 Å². The Kier molecular flexibility index (Phi) is 4.20. The van der Waals surface area contributed by atoms with Gasteiger partial charge in [0.1, 0.15) is 10.8 Å². The minimum Gasteiger partial charge on any atom is -0.306 e. The average molecular weight is 324 g/mol. The van der Waals surface area contributed by atoms with E-state index in [0.717, 1.165) is 22.5 Å². The maximum absolute atomic E-state index is 11.9. The van der Waals surface area contributed by atoms with Gasteiger partial charge >= 0.3 is 0 Å². The lowest BCUT2D eigenvalue weighted by Crippen LogP contribution is -2.14. The summed E-state index contributed by atoms with van der Waals surface area (Å²) in [6.45, 7) is 4.76. The first-order valence-electron chi connectivity index (χ1n) is 6.83. The molecule has 1 fully saturated rings. The van der Waals surface area contributed by atoms with E-state index in [0.29, 0.717) is 16.8 Å². The normalized spacial score (nSPS) is 14.4. The lowest BCUT2D eigenvalue weighted by atomic mass is 10.4. The average Bonchev–Trinajstić information content (AvgIpc) is 3.10. The van der Waals surface area contributed by atoms with Crippen LogP contribution in [-0.4, -0.2) is 36.6 Å². The predicted octanol–water partition coefficient (Wildman–Crippen LogP) is 2.07. The van der Waals surface area contributed by atoms with E-state index in [4.69, 9.17) is 0 Å². The smallest absolute Gasteiger partial charge is 0.236 e. The van der Waals surface area contributed by atoms with Gasteiger partial charge in [0, 0.05) is 12.5 Å². The summed E-state index contributed by atoms with van der Waals surface area (Å²) in [5.74, 6) is 1.81. The van der Waals surface area contributed by atoms with Gasteiger partial charge in [0.05, 0.1) is 5.75 Å². The Hall–Kier alpha value is -1.48. The number of thioether (sulfide) groups is 1. The Morgan fingerprint density at radius 3 is 2.81 bits per heavy atom. The van der Waals surface area contributed by atoms with E-state index in [-0.39, 0.29) is 5.91 Å². The van der Waals surface area contributed by atoms with Crippen LogP contribution in [0.2, 0.25) is 0 Å². The number of aryl methyl sites for hydroxylation is 1. The highest BCUT2D eigenvalue weighted by Gasteiger charge is 2.30. The monoisotopic (exact) mass is 324 g/mol. The molecule has 2 heterocycles. The molecule has 9 heteroatoms. The third kappa shape index (κ3) is 3.41. The number of hydrogen-bond donors (Lipinski definition) is 1. The summed E-state index contributed by atoms with van der Waals surface area (Å²) in [7, 11) is 0. The summed E-state index contributed by atoms with van der Waals surface area (Å²) in [5, 5.41) is 21.1. The number of amides is 1. The number of aromatic nitrogens is 5. The molecular formula is C12H16N6OS2. The number of carbonyl (C=O) groups is 1. The fourth-order valence-electron chi connectivity index (χ4n) is 1.98. The molecule has 0 radical (unpaired) electrons. The van der Waals surface area contributed by atoms with Crippen molar-refractivity contribution in [3.63, 3.8) is 0 Å². The van der Waals surface area contributed by atoms with Crippen LogP contribution in [0.3, 0.4) is 0 Å². The minimum atomic E-state index is -0.102. The van der Waals surface area contributed by atoms with E-state index in [9.17, 15) is 4.79 Å². The topological polar surface area (TPSA) is 85.6 Å². The Morgan fingerprint density at radius 1 is 1.38 bits per heavy atom. The minimum absolute atomic E-state index is 0.102. The summed E-state index contributed by atoms with van der Waals surface area (Å²) < 4.78 is 2.10. The van der Waals surface area contributed by atoms with Crippen molar-refractivity contribution in [1.29, 1.82) is 0 Å². The van der Waals surface area contributed by atoms with E-state index in [1.165, 1.54) is 35.9 Å². The van der Waals surface area contributed by atoms with Crippen LogP contribution in [0.25, 0.3) is 0 Å². The zero-order valence-electron chi connectivity index (χ0n) is 11.9. The van der Waals surface area contributed by atoms with Crippen LogP contribution in [0, 0.1) is 6.92 Å². The van der Waals surface area contributed by atoms with Gasteiger partial charge in [-0.05, 0) is 26.7 Å². The highest BCUT2D eigenvalue weighted by Crippen LogP contribution is 2.39. The molecule has 7 nitrogen and oxygen atoms in total. The Bertz CT molecular complexity index is 648. The molecule has 1 N–H and O–H groups in total. The van der Waals surface area contributed by atoms with Crippen LogP contribution in [-0.2, 0) is 11.3 Å². The predicted molar refractivity (Wildman–Crippen MR) is 81.7 cm³/mol.